The van der Waals surface area contributed by atoms with Crippen LogP contribution in [0.15, 0.2) is 18.2 Å². The Morgan fingerprint density at radius 2 is 2.00 bits per heavy atom. The Kier molecular flexibility index (Phi) is 5.75. The molecule has 0 aromatic heterocycles. The number of carbonyl (C=O) groups excluding carboxylic acids is 1. The minimum atomic E-state index is -4.74. The summed E-state index contributed by atoms with van der Waals surface area (Å²) < 4.78 is 56.7. The van der Waals surface area contributed by atoms with E-state index in [1.165, 1.54) is 13.0 Å². The Labute approximate surface area is 132 Å². The highest BCUT2D eigenvalue weighted by Crippen LogP contribution is 2.32. The number of halogens is 4. The van der Waals surface area contributed by atoms with Crippen LogP contribution in [-0.2, 0) is 15.7 Å². The molecule has 1 saturated heterocycles. The van der Waals surface area contributed by atoms with Gasteiger partial charge in [-0.2, -0.15) is 13.2 Å². The second-order valence-corrected chi connectivity index (χ2v) is 5.70. The van der Waals surface area contributed by atoms with Gasteiger partial charge in [0.25, 0.3) is 0 Å². The zero-order valence-corrected chi connectivity index (χ0v) is 12.8. The quantitative estimate of drug-likeness (QED) is 0.841. The van der Waals surface area contributed by atoms with E-state index in [9.17, 15) is 22.4 Å². The van der Waals surface area contributed by atoms with Gasteiger partial charge in [0.2, 0.25) is 0 Å². The van der Waals surface area contributed by atoms with Crippen LogP contribution in [0.5, 0.6) is 0 Å². The molecule has 1 aliphatic heterocycles. The number of hydrogen-bond donors (Lipinski definition) is 1. The molecule has 1 N–H and O–H groups in total. The Hall–Kier alpha value is -1.47. The number of alkyl halides is 3. The topological polar surface area (TPSA) is 38.3 Å². The van der Waals surface area contributed by atoms with Crippen molar-refractivity contribution in [2.75, 3.05) is 19.8 Å². The first-order valence-electron chi connectivity index (χ1n) is 7.47. The van der Waals surface area contributed by atoms with Gasteiger partial charge in [-0.05, 0) is 37.5 Å². The van der Waals surface area contributed by atoms with Gasteiger partial charge < -0.3 is 10.1 Å². The molecule has 0 aliphatic carbocycles. The van der Waals surface area contributed by atoms with Crippen molar-refractivity contribution in [1.82, 2.24) is 5.32 Å². The van der Waals surface area contributed by atoms with E-state index < -0.39 is 23.5 Å². The van der Waals surface area contributed by atoms with Gasteiger partial charge in [0.1, 0.15) is 11.6 Å². The standard InChI is InChI=1S/C16H19F4NO2/c1-10(22)13(9-21-12-4-6-23-7-5-12)11-2-3-14(15(17)8-11)16(18,19)20/h2-3,8,12-13,21H,4-7,9H2,1H3/t13-/m0/s1. The summed E-state index contributed by atoms with van der Waals surface area (Å²) in [6.45, 7) is 2.89. The number of carbonyl (C=O) groups is 1. The Bertz CT molecular complexity index is 554. The van der Waals surface area contributed by atoms with Crippen molar-refractivity contribution in [2.24, 2.45) is 0 Å². The molecule has 1 atom stereocenters. The molecule has 128 valence electrons. The molecule has 3 nitrogen and oxygen atoms in total. The fraction of sp³-hybridized carbons (Fsp3) is 0.562. The van der Waals surface area contributed by atoms with E-state index >= 15 is 0 Å². The average molecular weight is 333 g/mol. The Morgan fingerprint density at radius 3 is 2.52 bits per heavy atom. The fourth-order valence-electron chi connectivity index (χ4n) is 2.66. The third-order valence-corrected chi connectivity index (χ3v) is 4.02. The lowest BCUT2D eigenvalue weighted by atomic mass is 9.93. The number of ether oxygens (including phenoxy) is 1. The van der Waals surface area contributed by atoms with Gasteiger partial charge in [0, 0.05) is 25.8 Å². The van der Waals surface area contributed by atoms with Gasteiger partial charge in [-0.15, -0.1) is 0 Å². The summed E-state index contributed by atoms with van der Waals surface area (Å²) in [6.07, 6.45) is -3.12. The summed E-state index contributed by atoms with van der Waals surface area (Å²) in [7, 11) is 0. The highest BCUT2D eigenvalue weighted by molar-refractivity contribution is 5.83. The van der Waals surface area contributed by atoms with Crippen LogP contribution in [0.4, 0.5) is 17.6 Å². The van der Waals surface area contributed by atoms with Crippen LogP contribution >= 0.6 is 0 Å². The zero-order valence-electron chi connectivity index (χ0n) is 12.8. The van der Waals surface area contributed by atoms with Gasteiger partial charge in [-0.1, -0.05) is 6.07 Å². The molecule has 1 fully saturated rings. The summed E-state index contributed by atoms with van der Waals surface area (Å²) in [5.74, 6) is -2.24. The van der Waals surface area contributed by atoms with Crippen LogP contribution < -0.4 is 5.32 Å². The van der Waals surface area contributed by atoms with Crippen LogP contribution in [0, 0.1) is 5.82 Å². The number of rotatable bonds is 5. The van der Waals surface area contributed by atoms with Crippen molar-refractivity contribution in [3.8, 4) is 0 Å². The molecule has 1 aromatic carbocycles. The third kappa shape index (κ3) is 4.75. The highest BCUT2D eigenvalue weighted by atomic mass is 19.4. The predicted octanol–water partition coefficient (Wildman–Crippen LogP) is 3.29. The minimum Gasteiger partial charge on any atom is -0.381 e. The van der Waals surface area contributed by atoms with Crippen molar-refractivity contribution in [3.05, 3.63) is 35.1 Å². The first kappa shape index (κ1) is 17.9. The van der Waals surface area contributed by atoms with Crippen molar-refractivity contribution in [2.45, 2.75) is 37.9 Å². The van der Waals surface area contributed by atoms with Gasteiger partial charge in [-0.3, -0.25) is 4.79 Å². The van der Waals surface area contributed by atoms with Gasteiger partial charge >= 0.3 is 6.18 Å². The lowest BCUT2D eigenvalue weighted by molar-refractivity contribution is -0.140. The van der Waals surface area contributed by atoms with E-state index in [1.807, 2.05) is 0 Å². The number of Topliss-reactive ketones (excluding diaryl/α,β-unsaturated/α-hetero) is 1. The molecule has 0 amide bonds. The zero-order chi connectivity index (χ0) is 17.0. The van der Waals surface area contributed by atoms with Crippen molar-refractivity contribution in [3.63, 3.8) is 0 Å². The van der Waals surface area contributed by atoms with Crippen LogP contribution in [-0.4, -0.2) is 31.6 Å². The molecular weight excluding hydrogens is 314 g/mol. The highest BCUT2D eigenvalue weighted by Gasteiger charge is 2.34. The van der Waals surface area contributed by atoms with E-state index in [-0.39, 0.29) is 23.9 Å². The van der Waals surface area contributed by atoms with Gasteiger partial charge in [0.15, 0.2) is 0 Å². The first-order valence-corrected chi connectivity index (χ1v) is 7.47. The van der Waals surface area contributed by atoms with Crippen LogP contribution in [0.25, 0.3) is 0 Å². The number of ketones is 1. The molecule has 7 heteroatoms. The molecule has 0 spiro atoms. The summed E-state index contributed by atoms with van der Waals surface area (Å²) in [4.78, 5) is 11.8. The molecule has 1 aliphatic rings. The molecule has 2 rings (SSSR count). The molecule has 23 heavy (non-hydrogen) atoms. The molecule has 0 saturated carbocycles. The monoisotopic (exact) mass is 333 g/mol. The van der Waals surface area contributed by atoms with E-state index in [2.05, 4.69) is 5.32 Å². The van der Waals surface area contributed by atoms with Gasteiger partial charge in [-0.25, -0.2) is 4.39 Å². The summed E-state index contributed by atoms with van der Waals surface area (Å²) in [5, 5.41) is 3.22. The second kappa shape index (κ2) is 7.40. The van der Waals surface area contributed by atoms with E-state index in [1.54, 1.807) is 0 Å². The lowest BCUT2D eigenvalue weighted by Gasteiger charge is -2.25. The first-order chi connectivity index (χ1) is 10.8. The third-order valence-electron chi connectivity index (χ3n) is 4.02. The average Bonchev–Trinajstić information content (AvgIpc) is 2.47. The number of hydrogen-bond acceptors (Lipinski definition) is 3. The van der Waals surface area contributed by atoms with Crippen molar-refractivity contribution < 1.29 is 27.1 Å². The number of nitrogens with one attached hydrogen (secondary N) is 1. The molecule has 0 bridgehead atoms. The van der Waals surface area contributed by atoms with E-state index in [0.29, 0.717) is 19.3 Å². The summed E-state index contributed by atoms with van der Waals surface area (Å²) in [5.41, 5.74) is -1.07. The predicted molar refractivity (Wildman–Crippen MR) is 76.7 cm³/mol. The largest absolute Gasteiger partial charge is 0.419 e. The van der Waals surface area contributed by atoms with Gasteiger partial charge in [0.05, 0.1) is 11.5 Å². The van der Waals surface area contributed by atoms with Crippen LogP contribution in [0.3, 0.4) is 0 Å². The summed E-state index contributed by atoms with van der Waals surface area (Å²) in [6, 6.07) is 2.86. The lowest BCUT2D eigenvalue weighted by Crippen LogP contribution is -2.38. The molecule has 0 radical (unpaired) electrons. The maximum Gasteiger partial charge on any atom is 0.419 e. The fourth-order valence-corrected chi connectivity index (χ4v) is 2.66. The SMILES string of the molecule is CC(=O)[C@H](CNC1CCOCC1)c1ccc(C(F)(F)F)c(F)c1. The van der Waals surface area contributed by atoms with E-state index in [0.717, 1.165) is 18.9 Å². The van der Waals surface area contributed by atoms with Crippen molar-refractivity contribution in [1.29, 1.82) is 0 Å². The number of benzene rings is 1. The van der Waals surface area contributed by atoms with Crippen LogP contribution in [0.1, 0.15) is 36.8 Å². The normalized spacial score (nSPS) is 18.0. The minimum absolute atomic E-state index is 0.199. The molecular formula is C16H19F4NO2. The second-order valence-electron chi connectivity index (χ2n) is 5.70. The smallest absolute Gasteiger partial charge is 0.381 e. The van der Waals surface area contributed by atoms with E-state index in [4.69, 9.17) is 4.74 Å². The molecule has 1 heterocycles. The Morgan fingerprint density at radius 1 is 1.35 bits per heavy atom. The Balaban J connectivity index is 2.11. The van der Waals surface area contributed by atoms with Crippen molar-refractivity contribution >= 4 is 5.78 Å². The van der Waals surface area contributed by atoms with Crippen LogP contribution in [0.2, 0.25) is 0 Å². The maximum absolute atomic E-state index is 13.7. The molecule has 1 aromatic rings. The summed E-state index contributed by atoms with van der Waals surface area (Å²) >= 11 is 0. The molecule has 0 unspecified atom stereocenters. The maximum atomic E-state index is 13.7.